The number of nitriles is 1. The molecule has 4 nitrogen and oxygen atoms in total. The molecular formula is C12H7BrCl2N4. The second-order valence-electron chi connectivity index (χ2n) is 3.58. The lowest BCUT2D eigenvalue weighted by atomic mass is 10.2. The normalized spacial score (nSPS) is 10.0. The molecule has 0 fully saturated rings. The van der Waals surface area contributed by atoms with Gasteiger partial charge in [-0.1, -0.05) is 23.2 Å². The average Bonchev–Trinajstić information content (AvgIpc) is 2.41. The molecule has 0 saturated heterocycles. The zero-order valence-corrected chi connectivity index (χ0v) is 12.5. The molecule has 3 N–H and O–H groups in total. The highest BCUT2D eigenvalue weighted by Crippen LogP contribution is 2.37. The predicted octanol–water partition coefficient (Wildman–Crippen LogP) is 4.35. The van der Waals surface area contributed by atoms with Gasteiger partial charge in [-0.2, -0.15) is 5.26 Å². The Kier molecular flexibility index (Phi) is 4.15. The number of benzene rings is 1. The van der Waals surface area contributed by atoms with Gasteiger partial charge in [0.25, 0.3) is 0 Å². The van der Waals surface area contributed by atoms with Crippen molar-refractivity contribution in [3.63, 3.8) is 0 Å². The summed E-state index contributed by atoms with van der Waals surface area (Å²) in [7, 11) is 0. The van der Waals surface area contributed by atoms with E-state index in [1.165, 1.54) is 12.3 Å². The molecular weight excluding hydrogens is 351 g/mol. The molecule has 0 radical (unpaired) electrons. The summed E-state index contributed by atoms with van der Waals surface area (Å²) < 4.78 is 0.691. The molecule has 0 aliphatic carbocycles. The largest absolute Gasteiger partial charge is 0.395 e. The van der Waals surface area contributed by atoms with Crippen LogP contribution < -0.4 is 11.1 Å². The summed E-state index contributed by atoms with van der Waals surface area (Å²) in [4.78, 5) is 4.07. The summed E-state index contributed by atoms with van der Waals surface area (Å²) in [6, 6.07) is 7.01. The van der Waals surface area contributed by atoms with E-state index in [0.717, 1.165) is 0 Å². The van der Waals surface area contributed by atoms with Crippen molar-refractivity contribution < 1.29 is 0 Å². The average molecular weight is 358 g/mol. The number of nitrogen functional groups attached to an aromatic ring is 1. The third-order valence-corrected chi connectivity index (χ3v) is 4.17. The van der Waals surface area contributed by atoms with Crippen LogP contribution in [0, 0.1) is 11.3 Å². The van der Waals surface area contributed by atoms with E-state index in [9.17, 15) is 0 Å². The van der Waals surface area contributed by atoms with Gasteiger partial charge in [-0.3, -0.25) is 0 Å². The summed E-state index contributed by atoms with van der Waals surface area (Å²) in [5.41, 5.74) is 6.99. The highest BCUT2D eigenvalue weighted by atomic mass is 79.9. The lowest BCUT2D eigenvalue weighted by Gasteiger charge is -2.11. The van der Waals surface area contributed by atoms with Gasteiger partial charge in [-0.05, 0) is 34.1 Å². The Morgan fingerprint density at radius 2 is 2.00 bits per heavy atom. The molecule has 0 atom stereocenters. The summed E-state index contributed by atoms with van der Waals surface area (Å²) >= 11 is 15.4. The maximum atomic E-state index is 8.91. The first kappa shape index (κ1) is 13.9. The van der Waals surface area contributed by atoms with Crippen molar-refractivity contribution in [3.05, 3.63) is 44.5 Å². The first-order chi connectivity index (χ1) is 9.04. The highest BCUT2D eigenvalue weighted by molar-refractivity contribution is 9.10. The SMILES string of the molecule is N#Cc1ccnc(Nc2ccc(Br)c(Cl)c2Cl)c1N. The van der Waals surface area contributed by atoms with Crippen LogP contribution in [0.2, 0.25) is 10.0 Å². The van der Waals surface area contributed by atoms with E-state index < -0.39 is 0 Å². The molecule has 0 saturated carbocycles. The molecule has 7 heteroatoms. The van der Waals surface area contributed by atoms with Crippen LogP contribution in [0.1, 0.15) is 5.56 Å². The van der Waals surface area contributed by atoms with Crippen molar-refractivity contribution in [1.82, 2.24) is 4.98 Å². The molecule has 0 bridgehead atoms. The Balaban J connectivity index is 2.43. The molecule has 0 spiro atoms. The lowest BCUT2D eigenvalue weighted by Crippen LogP contribution is -2.01. The van der Waals surface area contributed by atoms with Crippen molar-refractivity contribution >= 4 is 56.3 Å². The van der Waals surface area contributed by atoms with E-state index in [2.05, 4.69) is 26.2 Å². The second-order valence-corrected chi connectivity index (χ2v) is 5.19. The van der Waals surface area contributed by atoms with Gasteiger partial charge in [0.1, 0.15) is 6.07 Å². The fourth-order valence-electron chi connectivity index (χ4n) is 1.42. The number of nitrogens with one attached hydrogen (secondary N) is 1. The molecule has 0 amide bonds. The molecule has 1 heterocycles. The number of pyridine rings is 1. The van der Waals surface area contributed by atoms with Crippen molar-refractivity contribution in [2.75, 3.05) is 11.1 Å². The molecule has 1 aromatic heterocycles. The molecule has 2 aromatic rings. The van der Waals surface area contributed by atoms with E-state index in [4.69, 9.17) is 34.2 Å². The van der Waals surface area contributed by atoms with Crippen molar-refractivity contribution in [2.45, 2.75) is 0 Å². The third kappa shape index (κ3) is 2.76. The van der Waals surface area contributed by atoms with Crippen LogP contribution in [0.4, 0.5) is 17.2 Å². The van der Waals surface area contributed by atoms with E-state index in [0.29, 0.717) is 31.6 Å². The quantitative estimate of drug-likeness (QED) is 0.783. The fraction of sp³-hybridized carbons (Fsp3) is 0. The highest BCUT2D eigenvalue weighted by Gasteiger charge is 2.11. The van der Waals surface area contributed by atoms with Gasteiger partial charge >= 0.3 is 0 Å². The van der Waals surface area contributed by atoms with Crippen LogP contribution in [0.5, 0.6) is 0 Å². The van der Waals surface area contributed by atoms with Gasteiger partial charge in [0.05, 0.1) is 27.0 Å². The van der Waals surface area contributed by atoms with Crippen LogP contribution in [-0.2, 0) is 0 Å². The summed E-state index contributed by atoms with van der Waals surface area (Å²) in [5, 5.41) is 12.6. The van der Waals surface area contributed by atoms with E-state index in [1.54, 1.807) is 12.1 Å². The van der Waals surface area contributed by atoms with Gasteiger partial charge in [0.15, 0.2) is 5.82 Å². The standard InChI is InChI=1S/C12H7BrCl2N4/c13-7-1-2-8(10(15)9(7)14)19-12-11(17)6(5-16)3-4-18-12/h1-4H,17H2,(H,18,19). The molecule has 96 valence electrons. The minimum atomic E-state index is 0.264. The Bertz CT molecular complexity index is 682. The fourth-order valence-corrected chi connectivity index (χ4v) is 2.24. The zero-order valence-electron chi connectivity index (χ0n) is 9.42. The number of aromatic nitrogens is 1. The van der Waals surface area contributed by atoms with Crippen LogP contribution in [0.15, 0.2) is 28.9 Å². The Labute approximate surface area is 128 Å². The number of nitrogens with two attached hydrogens (primary N) is 1. The number of halogens is 3. The van der Waals surface area contributed by atoms with Gasteiger partial charge in [0, 0.05) is 10.7 Å². The minimum Gasteiger partial charge on any atom is -0.395 e. The van der Waals surface area contributed by atoms with Gasteiger partial charge in [-0.25, -0.2) is 4.98 Å². The zero-order chi connectivity index (χ0) is 14.0. The van der Waals surface area contributed by atoms with Crippen molar-refractivity contribution in [1.29, 1.82) is 5.26 Å². The first-order valence-corrected chi connectivity index (χ1v) is 6.64. The topological polar surface area (TPSA) is 74.7 Å². The maximum Gasteiger partial charge on any atom is 0.154 e. The number of nitrogens with zero attached hydrogens (tertiary/aromatic N) is 2. The summed E-state index contributed by atoms with van der Waals surface area (Å²) in [6.45, 7) is 0. The maximum absolute atomic E-state index is 8.91. The molecule has 0 aliphatic heterocycles. The van der Waals surface area contributed by atoms with Gasteiger partial charge < -0.3 is 11.1 Å². The smallest absolute Gasteiger partial charge is 0.154 e. The minimum absolute atomic E-state index is 0.264. The van der Waals surface area contributed by atoms with Gasteiger partial charge in [0.2, 0.25) is 0 Å². The molecule has 1 aromatic carbocycles. The van der Waals surface area contributed by atoms with Gasteiger partial charge in [-0.15, -0.1) is 0 Å². The number of hydrogen-bond donors (Lipinski definition) is 2. The molecule has 0 aliphatic rings. The van der Waals surface area contributed by atoms with Crippen molar-refractivity contribution in [3.8, 4) is 6.07 Å². The number of rotatable bonds is 2. The Morgan fingerprint density at radius 1 is 1.26 bits per heavy atom. The van der Waals surface area contributed by atoms with Crippen LogP contribution >= 0.6 is 39.1 Å². The first-order valence-electron chi connectivity index (χ1n) is 5.09. The van der Waals surface area contributed by atoms with Crippen LogP contribution in [0.25, 0.3) is 0 Å². The Hall–Kier alpha value is -1.48. The summed E-state index contributed by atoms with van der Waals surface area (Å²) in [5.74, 6) is 0.360. The van der Waals surface area contributed by atoms with Crippen molar-refractivity contribution in [2.24, 2.45) is 0 Å². The molecule has 19 heavy (non-hydrogen) atoms. The number of anilines is 3. The predicted molar refractivity (Wildman–Crippen MR) is 80.8 cm³/mol. The van der Waals surface area contributed by atoms with E-state index >= 15 is 0 Å². The van der Waals surface area contributed by atoms with E-state index in [1.807, 2.05) is 6.07 Å². The molecule has 2 rings (SSSR count). The van der Waals surface area contributed by atoms with Crippen LogP contribution in [0.3, 0.4) is 0 Å². The second kappa shape index (κ2) is 5.66. The summed E-state index contributed by atoms with van der Waals surface area (Å²) in [6.07, 6.45) is 1.49. The third-order valence-electron chi connectivity index (χ3n) is 2.40. The lowest BCUT2D eigenvalue weighted by molar-refractivity contribution is 1.30. The van der Waals surface area contributed by atoms with Crippen LogP contribution in [-0.4, -0.2) is 4.98 Å². The molecule has 0 unspecified atom stereocenters. The Morgan fingerprint density at radius 3 is 2.68 bits per heavy atom. The monoisotopic (exact) mass is 356 g/mol. The van der Waals surface area contributed by atoms with E-state index in [-0.39, 0.29) is 5.69 Å². The number of hydrogen-bond acceptors (Lipinski definition) is 4.